The maximum atomic E-state index is 5.08. The van der Waals surface area contributed by atoms with Gasteiger partial charge in [0.05, 0.1) is 0 Å². The van der Waals surface area contributed by atoms with Crippen LogP contribution in [0.4, 0.5) is 0 Å². The van der Waals surface area contributed by atoms with Crippen LogP contribution in [-0.4, -0.2) is 26.3 Å². The van der Waals surface area contributed by atoms with Gasteiger partial charge in [0.2, 0.25) is 0 Å². The fourth-order valence-corrected chi connectivity index (χ4v) is 2.55. The zero-order valence-electron chi connectivity index (χ0n) is 11.3. The van der Waals surface area contributed by atoms with Crippen LogP contribution < -0.4 is 5.32 Å². The number of rotatable bonds is 7. The first-order valence-electron chi connectivity index (χ1n) is 6.94. The van der Waals surface area contributed by atoms with Crippen molar-refractivity contribution >= 4 is 0 Å². The number of ether oxygens (including phenoxy) is 1. The lowest BCUT2D eigenvalue weighted by molar-refractivity contribution is 0.184. The van der Waals surface area contributed by atoms with Gasteiger partial charge in [0, 0.05) is 19.8 Å². The van der Waals surface area contributed by atoms with Crippen molar-refractivity contribution in [1.29, 1.82) is 0 Å². The highest BCUT2D eigenvalue weighted by Crippen LogP contribution is 2.29. The van der Waals surface area contributed by atoms with Crippen molar-refractivity contribution in [3.05, 3.63) is 0 Å². The number of hydrogen-bond donors (Lipinski definition) is 1. The van der Waals surface area contributed by atoms with Crippen LogP contribution in [0.25, 0.3) is 0 Å². The molecule has 96 valence electrons. The first-order valence-corrected chi connectivity index (χ1v) is 6.94. The van der Waals surface area contributed by atoms with E-state index >= 15 is 0 Å². The van der Waals surface area contributed by atoms with Crippen LogP contribution in [0.15, 0.2) is 0 Å². The summed E-state index contributed by atoms with van der Waals surface area (Å²) >= 11 is 0. The molecule has 1 aliphatic carbocycles. The minimum atomic E-state index is 0.600. The Hall–Kier alpha value is -0.0800. The maximum Gasteiger partial charge on any atom is 0.0476 e. The quantitative estimate of drug-likeness (QED) is 0.721. The molecule has 1 saturated carbocycles. The molecule has 0 saturated heterocycles. The largest absolute Gasteiger partial charge is 0.385 e. The number of nitrogens with one attached hydrogen (secondary N) is 1. The fourth-order valence-electron chi connectivity index (χ4n) is 2.55. The Balaban J connectivity index is 1.98. The molecule has 1 aliphatic rings. The van der Waals surface area contributed by atoms with Gasteiger partial charge in [-0.3, -0.25) is 0 Å². The van der Waals surface area contributed by atoms with Crippen LogP contribution in [0.2, 0.25) is 0 Å². The van der Waals surface area contributed by atoms with E-state index in [1.165, 1.54) is 38.6 Å². The Labute approximate surface area is 101 Å². The lowest BCUT2D eigenvalue weighted by Gasteiger charge is -2.26. The van der Waals surface area contributed by atoms with E-state index in [2.05, 4.69) is 19.2 Å². The van der Waals surface area contributed by atoms with Gasteiger partial charge in [-0.1, -0.05) is 32.6 Å². The first kappa shape index (κ1) is 14.0. The Morgan fingerprint density at radius 1 is 1.25 bits per heavy atom. The first-order chi connectivity index (χ1) is 7.72. The van der Waals surface area contributed by atoms with E-state index in [-0.39, 0.29) is 0 Å². The Morgan fingerprint density at radius 2 is 1.94 bits per heavy atom. The standard InChI is InChI=1S/C14H29NO/c1-12-4-6-14(7-5-12)8-10-15-13(2)9-11-16-3/h12-15H,4-11H2,1-3H3. The Morgan fingerprint density at radius 3 is 2.56 bits per heavy atom. The highest BCUT2D eigenvalue weighted by atomic mass is 16.5. The highest BCUT2D eigenvalue weighted by molar-refractivity contribution is 4.71. The summed E-state index contributed by atoms with van der Waals surface area (Å²) in [7, 11) is 1.77. The molecule has 1 atom stereocenters. The second kappa shape index (κ2) is 8.08. The third kappa shape index (κ3) is 5.86. The van der Waals surface area contributed by atoms with Crippen LogP contribution in [0.5, 0.6) is 0 Å². The monoisotopic (exact) mass is 227 g/mol. The Bertz CT molecular complexity index is 164. The summed E-state index contributed by atoms with van der Waals surface area (Å²) < 4.78 is 5.08. The molecule has 1 N–H and O–H groups in total. The van der Waals surface area contributed by atoms with Crippen molar-refractivity contribution in [3.63, 3.8) is 0 Å². The van der Waals surface area contributed by atoms with E-state index in [4.69, 9.17) is 4.74 Å². The summed E-state index contributed by atoms with van der Waals surface area (Å²) in [6.07, 6.45) is 8.29. The van der Waals surface area contributed by atoms with Crippen LogP contribution in [0, 0.1) is 11.8 Å². The third-order valence-electron chi connectivity index (χ3n) is 3.94. The molecule has 0 bridgehead atoms. The average Bonchev–Trinajstić information content (AvgIpc) is 2.29. The van der Waals surface area contributed by atoms with E-state index in [1.807, 2.05) is 0 Å². The summed E-state index contributed by atoms with van der Waals surface area (Å²) in [4.78, 5) is 0. The predicted molar refractivity (Wildman–Crippen MR) is 69.7 cm³/mol. The van der Waals surface area contributed by atoms with Crippen molar-refractivity contribution in [2.75, 3.05) is 20.3 Å². The second-order valence-electron chi connectivity index (χ2n) is 5.55. The molecular formula is C14H29NO. The fraction of sp³-hybridized carbons (Fsp3) is 1.00. The van der Waals surface area contributed by atoms with Gasteiger partial charge in [-0.15, -0.1) is 0 Å². The summed E-state index contributed by atoms with van der Waals surface area (Å²) in [5.41, 5.74) is 0. The molecule has 0 heterocycles. The van der Waals surface area contributed by atoms with Gasteiger partial charge in [-0.2, -0.15) is 0 Å². The van der Waals surface area contributed by atoms with Crippen molar-refractivity contribution in [2.24, 2.45) is 11.8 Å². The van der Waals surface area contributed by atoms with E-state index in [1.54, 1.807) is 7.11 Å². The van der Waals surface area contributed by atoms with Crippen LogP contribution >= 0.6 is 0 Å². The lowest BCUT2D eigenvalue weighted by atomic mass is 9.81. The summed E-state index contributed by atoms with van der Waals surface area (Å²) in [5.74, 6) is 1.96. The maximum absolute atomic E-state index is 5.08. The summed E-state index contributed by atoms with van der Waals surface area (Å²) in [5, 5.41) is 3.60. The van der Waals surface area contributed by atoms with Gasteiger partial charge >= 0.3 is 0 Å². The van der Waals surface area contributed by atoms with Crippen LogP contribution in [0.1, 0.15) is 52.4 Å². The zero-order chi connectivity index (χ0) is 11.8. The van der Waals surface area contributed by atoms with Crippen molar-refractivity contribution in [1.82, 2.24) is 5.32 Å². The average molecular weight is 227 g/mol. The molecule has 1 fully saturated rings. The topological polar surface area (TPSA) is 21.3 Å². The van der Waals surface area contributed by atoms with Crippen molar-refractivity contribution in [2.45, 2.75) is 58.4 Å². The van der Waals surface area contributed by atoms with E-state index in [0.717, 1.165) is 24.9 Å². The molecule has 2 heteroatoms. The smallest absolute Gasteiger partial charge is 0.0476 e. The van der Waals surface area contributed by atoms with Crippen LogP contribution in [0.3, 0.4) is 0 Å². The highest BCUT2D eigenvalue weighted by Gasteiger charge is 2.17. The zero-order valence-corrected chi connectivity index (χ0v) is 11.3. The third-order valence-corrected chi connectivity index (χ3v) is 3.94. The summed E-state index contributed by atoms with van der Waals surface area (Å²) in [6.45, 7) is 6.70. The van der Waals surface area contributed by atoms with Gasteiger partial charge in [-0.05, 0) is 38.1 Å². The summed E-state index contributed by atoms with van der Waals surface area (Å²) in [6, 6.07) is 0.600. The molecule has 2 nitrogen and oxygen atoms in total. The molecule has 0 aromatic rings. The molecule has 0 radical (unpaired) electrons. The second-order valence-corrected chi connectivity index (χ2v) is 5.55. The molecule has 0 spiro atoms. The molecule has 1 rings (SSSR count). The normalized spacial score (nSPS) is 27.9. The van der Waals surface area contributed by atoms with Gasteiger partial charge in [-0.25, -0.2) is 0 Å². The van der Waals surface area contributed by atoms with Gasteiger partial charge < -0.3 is 10.1 Å². The minimum Gasteiger partial charge on any atom is -0.385 e. The van der Waals surface area contributed by atoms with Crippen molar-refractivity contribution < 1.29 is 4.74 Å². The molecule has 16 heavy (non-hydrogen) atoms. The molecule has 0 aliphatic heterocycles. The van der Waals surface area contributed by atoms with Gasteiger partial charge in [0.15, 0.2) is 0 Å². The molecular weight excluding hydrogens is 198 g/mol. The molecule has 0 aromatic carbocycles. The van der Waals surface area contributed by atoms with Gasteiger partial charge in [0.1, 0.15) is 0 Å². The minimum absolute atomic E-state index is 0.600. The lowest BCUT2D eigenvalue weighted by Crippen LogP contribution is -2.29. The van der Waals surface area contributed by atoms with E-state index < -0.39 is 0 Å². The van der Waals surface area contributed by atoms with E-state index in [9.17, 15) is 0 Å². The van der Waals surface area contributed by atoms with Crippen molar-refractivity contribution in [3.8, 4) is 0 Å². The van der Waals surface area contributed by atoms with Crippen LogP contribution in [-0.2, 0) is 4.74 Å². The molecule has 0 aromatic heterocycles. The van der Waals surface area contributed by atoms with Gasteiger partial charge in [0.25, 0.3) is 0 Å². The van der Waals surface area contributed by atoms with E-state index in [0.29, 0.717) is 6.04 Å². The molecule has 0 amide bonds. The SMILES string of the molecule is COCCC(C)NCCC1CCC(C)CC1. The predicted octanol–water partition coefficient (Wildman–Crippen LogP) is 3.22. The Kier molecular flexibility index (Phi) is 7.06. The number of methoxy groups -OCH3 is 1. The molecule has 1 unspecified atom stereocenters. The number of hydrogen-bond acceptors (Lipinski definition) is 2.